The van der Waals surface area contributed by atoms with Crippen molar-refractivity contribution in [2.75, 3.05) is 0 Å². The van der Waals surface area contributed by atoms with E-state index in [1.807, 2.05) is 22.6 Å². The summed E-state index contributed by atoms with van der Waals surface area (Å²) < 4.78 is 2.84. The third kappa shape index (κ3) is 2.55. The summed E-state index contributed by atoms with van der Waals surface area (Å²) in [6.07, 6.45) is 1.10. The first-order valence-corrected chi connectivity index (χ1v) is 4.65. The quantitative estimate of drug-likeness (QED) is 0.535. The summed E-state index contributed by atoms with van der Waals surface area (Å²) in [6, 6.07) is 8.36. The number of benzene rings is 1. The molecule has 1 aromatic carbocycles. The summed E-state index contributed by atoms with van der Waals surface area (Å²) in [5.74, 6) is 3.00. The molecule has 0 spiro atoms. The Balaban J connectivity index is 2.88. The lowest BCUT2D eigenvalue weighted by molar-refractivity contribution is 1.14. The third-order valence-electron chi connectivity index (χ3n) is 1.55. The van der Waals surface area contributed by atoms with Gasteiger partial charge in [-0.1, -0.05) is 25.0 Å². The zero-order valence-electron chi connectivity index (χ0n) is 6.39. The van der Waals surface area contributed by atoms with Gasteiger partial charge in [0.25, 0.3) is 0 Å². The van der Waals surface area contributed by atoms with Gasteiger partial charge in [0, 0.05) is 28.2 Å². The van der Waals surface area contributed by atoms with Crippen molar-refractivity contribution in [1.29, 1.82) is 0 Å². The maximum atomic E-state index is 3.00. The Labute approximate surface area is 81.2 Å². The average Bonchev–Trinajstić information content (AvgIpc) is 2.07. The lowest BCUT2D eigenvalue weighted by Gasteiger charge is -1.94. The molecule has 0 aliphatic rings. The normalized spacial score (nSPS) is 8.55. The summed E-state index contributed by atoms with van der Waals surface area (Å²) in [5, 5.41) is 0. The van der Waals surface area contributed by atoms with E-state index in [0.29, 0.717) is 0 Å². The smallest absolute Gasteiger partial charge is 0.0253 e. The molecular weight excluding hydrogens is 247 g/mol. The minimum Gasteiger partial charge on any atom is -0.0613 e. The summed E-state index contributed by atoms with van der Waals surface area (Å²) in [5.41, 5.74) is 2.46. The van der Waals surface area contributed by atoms with Crippen LogP contribution in [0.5, 0.6) is 0 Å². The van der Waals surface area contributed by atoms with Crippen molar-refractivity contribution in [2.24, 2.45) is 0 Å². The van der Waals surface area contributed by atoms with Crippen LogP contribution in [0.25, 0.3) is 0 Å². The van der Waals surface area contributed by atoms with Crippen LogP contribution in [0.15, 0.2) is 24.3 Å². The van der Waals surface area contributed by atoms with Crippen LogP contribution >= 0.6 is 22.6 Å². The number of halogens is 1. The maximum Gasteiger partial charge on any atom is 0.0253 e. The molecule has 0 heterocycles. The SMILES string of the molecule is CCc1ccc(C#CI)cc1. The molecule has 0 aliphatic carbocycles. The molecule has 1 rings (SSSR count). The second kappa shape index (κ2) is 4.40. The van der Waals surface area contributed by atoms with E-state index >= 15 is 0 Å². The van der Waals surface area contributed by atoms with Crippen LogP contribution in [-0.2, 0) is 6.42 Å². The van der Waals surface area contributed by atoms with Gasteiger partial charge in [-0.2, -0.15) is 0 Å². The molecule has 56 valence electrons. The Morgan fingerprint density at radius 2 is 1.91 bits per heavy atom. The molecule has 0 saturated carbocycles. The summed E-state index contributed by atoms with van der Waals surface area (Å²) in [7, 11) is 0. The Morgan fingerprint density at radius 1 is 1.27 bits per heavy atom. The first-order chi connectivity index (χ1) is 5.36. The van der Waals surface area contributed by atoms with Gasteiger partial charge in [-0.3, -0.25) is 0 Å². The number of aryl methyl sites for hydroxylation is 1. The molecule has 1 heteroatoms. The fraction of sp³-hybridized carbons (Fsp3) is 0.200. The molecule has 0 bridgehead atoms. The number of rotatable bonds is 1. The maximum absolute atomic E-state index is 3.00. The highest BCUT2D eigenvalue weighted by atomic mass is 127. The highest BCUT2D eigenvalue weighted by molar-refractivity contribution is 14.1. The second-order valence-corrected chi connectivity index (χ2v) is 2.81. The van der Waals surface area contributed by atoms with Gasteiger partial charge in [-0.05, 0) is 28.0 Å². The van der Waals surface area contributed by atoms with E-state index < -0.39 is 0 Å². The van der Waals surface area contributed by atoms with E-state index in [2.05, 4.69) is 41.0 Å². The van der Waals surface area contributed by atoms with Gasteiger partial charge >= 0.3 is 0 Å². The lowest BCUT2D eigenvalue weighted by atomic mass is 10.1. The summed E-state index contributed by atoms with van der Waals surface area (Å²) >= 11 is 2.05. The van der Waals surface area contributed by atoms with E-state index in [1.54, 1.807) is 0 Å². The molecule has 0 nitrogen and oxygen atoms in total. The average molecular weight is 256 g/mol. The van der Waals surface area contributed by atoms with E-state index in [-0.39, 0.29) is 0 Å². The van der Waals surface area contributed by atoms with Gasteiger partial charge in [0.1, 0.15) is 0 Å². The molecule has 0 aliphatic heterocycles. The molecule has 0 atom stereocenters. The highest BCUT2D eigenvalue weighted by Gasteiger charge is 1.87. The van der Waals surface area contributed by atoms with Crippen molar-refractivity contribution in [1.82, 2.24) is 0 Å². The molecule has 0 aromatic heterocycles. The Hall–Kier alpha value is -0.490. The van der Waals surface area contributed by atoms with Gasteiger partial charge in [0.05, 0.1) is 0 Å². The fourth-order valence-electron chi connectivity index (χ4n) is 0.878. The van der Waals surface area contributed by atoms with Gasteiger partial charge < -0.3 is 0 Å². The Bertz CT molecular complexity index is 274. The molecule has 0 amide bonds. The molecule has 11 heavy (non-hydrogen) atoms. The Kier molecular flexibility index (Phi) is 3.44. The molecular formula is C10H9I. The molecule has 1 aromatic rings. The predicted molar refractivity (Wildman–Crippen MR) is 56.7 cm³/mol. The van der Waals surface area contributed by atoms with Crippen LogP contribution in [0, 0.1) is 9.85 Å². The standard InChI is InChI=1S/C10H9I/c1-2-9-3-5-10(6-4-9)7-8-11/h3-6H,2H2,1H3. The van der Waals surface area contributed by atoms with Crippen LogP contribution in [0.4, 0.5) is 0 Å². The van der Waals surface area contributed by atoms with Gasteiger partial charge in [0.2, 0.25) is 0 Å². The van der Waals surface area contributed by atoms with Crippen molar-refractivity contribution in [3.05, 3.63) is 35.4 Å². The van der Waals surface area contributed by atoms with Crippen molar-refractivity contribution in [3.63, 3.8) is 0 Å². The molecule has 0 saturated heterocycles. The van der Waals surface area contributed by atoms with E-state index in [9.17, 15) is 0 Å². The van der Waals surface area contributed by atoms with Crippen molar-refractivity contribution in [2.45, 2.75) is 13.3 Å². The minimum atomic E-state index is 1.09. The fourth-order valence-corrected chi connectivity index (χ4v) is 1.19. The number of hydrogen-bond acceptors (Lipinski definition) is 0. The summed E-state index contributed by atoms with van der Waals surface area (Å²) in [4.78, 5) is 0. The molecule has 0 radical (unpaired) electrons. The molecule has 0 N–H and O–H groups in total. The first kappa shape index (κ1) is 8.61. The van der Waals surface area contributed by atoms with Crippen molar-refractivity contribution in [3.8, 4) is 9.85 Å². The zero-order chi connectivity index (χ0) is 8.10. The van der Waals surface area contributed by atoms with Gasteiger partial charge in [-0.15, -0.1) is 0 Å². The molecule has 0 fully saturated rings. The number of hydrogen-bond donors (Lipinski definition) is 0. The van der Waals surface area contributed by atoms with Crippen molar-refractivity contribution >= 4 is 22.6 Å². The van der Waals surface area contributed by atoms with Crippen molar-refractivity contribution < 1.29 is 0 Å². The first-order valence-electron chi connectivity index (χ1n) is 3.57. The topological polar surface area (TPSA) is 0 Å². The van der Waals surface area contributed by atoms with E-state index in [1.165, 1.54) is 5.56 Å². The van der Waals surface area contributed by atoms with E-state index in [0.717, 1.165) is 12.0 Å². The highest BCUT2D eigenvalue weighted by Crippen LogP contribution is 2.03. The monoisotopic (exact) mass is 256 g/mol. The zero-order valence-corrected chi connectivity index (χ0v) is 8.55. The third-order valence-corrected chi connectivity index (χ3v) is 1.82. The second-order valence-electron chi connectivity index (χ2n) is 2.27. The molecule has 0 unspecified atom stereocenters. The minimum absolute atomic E-state index is 1.09. The van der Waals surface area contributed by atoms with Crippen LogP contribution < -0.4 is 0 Å². The largest absolute Gasteiger partial charge is 0.0613 e. The van der Waals surface area contributed by atoms with Crippen LogP contribution in [-0.4, -0.2) is 0 Å². The van der Waals surface area contributed by atoms with Gasteiger partial charge in [-0.25, -0.2) is 0 Å². The van der Waals surface area contributed by atoms with E-state index in [4.69, 9.17) is 0 Å². The van der Waals surface area contributed by atoms with Crippen LogP contribution in [0.3, 0.4) is 0 Å². The van der Waals surface area contributed by atoms with Crippen LogP contribution in [0.2, 0.25) is 0 Å². The predicted octanol–water partition coefficient (Wildman–Crippen LogP) is 2.99. The van der Waals surface area contributed by atoms with Crippen LogP contribution in [0.1, 0.15) is 18.1 Å². The summed E-state index contributed by atoms with van der Waals surface area (Å²) in [6.45, 7) is 2.15. The Morgan fingerprint density at radius 3 is 2.36 bits per heavy atom. The van der Waals surface area contributed by atoms with Gasteiger partial charge in [0.15, 0.2) is 0 Å². The lowest BCUT2D eigenvalue weighted by Crippen LogP contribution is -1.79.